The Balaban J connectivity index is 3.42. The molecule has 0 unspecified atom stereocenters. The standard InChI is InChI=1S/C8H6BrNO4/c1-4-2-6(9)7(10(13)14)3-5(4)8(11)12/h2-3H,1H3,(H,11,12). The zero-order chi connectivity index (χ0) is 10.9. The van der Waals surface area contributed by atoms with Crippen LogP contribution < -0.4 is 0 Å². The smallest absolute Gasteiger partial charge is 0.336 e. The average Bonchev–Trinajstić information content (AvgIpc) is 2.02. The van der Waals surface area contributed by atoms with Crippen LogP contribution in [0.4, 0.5) is 5.69 Å². The van der Waals surface area contributed by atoms with Gasteiger partial charge >= 0.3 is 5.97 Å². The van der Waals surface area contributed by atoms with E-state index in [1.165, 1.54) is 6.07 Å². The average molecular weight is 260 g/mol. The number of aromatic carboxylic acids is 1. The van der Waals surface area contributed by atoms with Crippen molar-refractivity contribution in [1.82, 2.24) is 0 Å². The second-order valence-corrected chi connectivity index (χ2v) is 3.54. The van der Waals surface area contributed by atoms with Crippen molar-refractivity contribution in [3.05, 3.63) is 37.8 Å². The number of halogens is 1. The Morgan fingerprint density at radius 2 is 2.14 bits per heavy atom. The summed E-state index contributed by atoms with van der Waals surface area (Å²) in [5.41, 5.74) is 0.183. The SMILES string of the molecule is Cc1cc(Br)c([N+](=O)[O-])cc1C(=O)O. The number of aryl methyl sites for hydroxylation is 1. The molecule has 0 amide bonds. The van der Waals surface area contributed by atoms with Crippen molar-refractivity contribution in [1.29, 1.82) is 0 Å². The molecule has 0 heterocycles. The number of carboxylic acids is 1. The molecule has 1 aromatic carbocycles. The minimum absolute atomic E-state index is 0.0556. The van der Waals surface area contributed by atoms with Gasteiger partial charge in [0.2, 0.25) is 0 Å². The molecule has 6 heteroatoms. The third-order valence-electron chi connectivity index (χ3n) is 1.72. The first kappa shape index (κ1) is 10.6. The van der Waals surface area contributed by atoms with Crippen LogP contribution in [0.25, 0.3) is 0 Å². The minimum Gasteiger partial charge on any atom is -0.478 e. The summed E-state index contributed by atoms with van der Waals surface area (Å²) >= 11 is 3.00. The highest BCUT2D eigenvalue weighted by Crippen LogP contribution is 2.28. The zero-order valence-electron chi connectivity index (χ0n) is 7.15. The van der Waals surface area contributed by atoms with Crippen LogP contribution in [0.1, 0.15) is 15.9 Å². The molecule has 1 N–H and O–H groups in total. The van der Waals surface area contributed by atoms with E-state index >= 15 is 0 Å². The largest absolute Gasteiger partial charge is 0.478 e. The van der Waals surface area contributed by atoms with Crippen molar-refractivity contribution in [2.24, 2.45) is 0 Å². The molecule has 0 atom stereocenters. The third-order valence-corrected chi connectivity index (χ3v) is 2.36. The first-order valence-corrected chi connectivity index (χ1v) is 4.40. The Kier molecular flexibility index (Phi) is 2.85. The van der Waals surface area contributed by atoms with Gasteiger partial charge in [-0.3, -0.25) is 10.1 Å². The summed E-state index contributed by atoms with van der Waals surface area (Å²) in [6, 6.07) is 2.46. The fraction of sp³-hybridized carbons (Fsp3) is 0.125. The molecule has 0 saturated heterocycles. The lowest BCUT2D eigenvalue weighted by atomic mass is 10.1. The molecule has 0 fully saturated rings. The van der Waals surface area contributed by atoms with Gasteiger partial charge in [0.05, 0.1) is 15.0 Å². The van der Waals surface area contributed by atoms with Gasteiger partial charge < -0.3 is 5.11 Å². The van der Waals surface area contributed by atoms with E-state index in [1.54, 1.807) is 6.92 Å². The van der Waals surface area contributed by atoms with Gasteiger partial charge in [0.15, 0.2) is 0 Å². The molecule has 1 aromatic rings. The lowest BCUT2D eigenvalue weighted by molar-refractivity contribution is -0.385. The Labute approximate surface area is 87.6 Å². The second kappa shape index (κ2) is 3.75. The fourth-order valence-electron chi connectivity index (χ4n) is 1.03. The van der Waals surface area contributed by atoms with Crippen molar-refractivity contribution in [2.75, 3.05) is 0 Å². The molecule has 0 bridgehead atoms. The van der Waals surface area contributed by atoms with Gasteiger partial charge in [-0.2, -0.15) is 0 Å². The van der Waals surface area contributed by atoms with Crippen LogP contribution in [-0.2, 0) is 0 Å². The van der Waals surface area contributed by atoms with Gasteiger partial charge in [-0.25, -0.2) is 4.79 Å². The van der Waals surface area contributed by atoms with Crippen LogP contribution in [0.3, 0.4) is 0 Å². The number of hydrogen-bond donors (Lipinski definition) is 1. The first-order chi connectivity index (χ1) is 6.43. The minimum atomic E-state index is -1.17. The molecule has 1 rings (SSSR count). The summed E-state index contributed by atoms with van der Waals surface area (Å²) in [6.45, 7) is 1.58. The van der Waals surface area contributed by atoms with Gasteiger partial charge in [-0.05, 0) is 34.5 Å². The lowest BCUT2D eigenvalue weighted by Crippen LogP contribution is -2.01. The Morgan fingerprint density at radius 1 is 1.57 bits per heavy atom. The van der Waals surface area contributed by atoms with Gasteiger partial charge in [-0.1, -0.05) is 0 Å². The summed E-state index contributed by atoms with van der Waals surface area (Å²) in [7, 11) is 0. The van der Waals surface area contributed by atoms with Crippen molar-refractivity contribution >= 4 is 27.6 Å². The number of benzene rings is 1. The number of hydrogen-bond acceptors (Lipinski definition) is 3. The van der Waals surface area contributed by atoms with E-state index in [-0.39, 0.29) is 15.7 Å². The lowest BCUT2D eigenvalue weighted by Gasteiger charge is -2.01. The van der Waals surface area contributed by atoms with Crippen molar-refractivity contribution in [2.45, 2.75) is 6.92 Å². The van der Waals surface area contributed by atoms with Crippen LogP contribution in [0.5, 0.6) is 0 Å². The van der Waals surface area contributed by atoms with Crippen LogP contribution in [0, 0.1) is 17.0 Å². The Hall–Kier alpha value is -1.43. The molecule has 0 spiro atoms. The highest BCUT2D eigenvalue weighted by molar-refractivity contribution is 9.10. The number of nitro benzene ring substituents is 1. The monoisotopic (exact) mass is 259 g/mol. The van der Waals surface area contributed by atoms with E-state index in [4.69, 9.17) is 5.11 Å². The Morgan fingerprint density at radius 3 is 2.57 bits per heavy atom. The van der Waals surface area contributed by atoms with E-state index in [0.29, 0.717) is 5.56 Å². The fourth-order valence-corrected chi connectivity index (χ4v) is 1.63. The highest BCUT2D eigenvalue weighted by atomic mass is 79.9. The summed E-state index contributed by atoms with van der Waals surface area (Å²) in [5.74, 6) is -1.17. The quantitative estimate of drug-likeness (QED) is 0.653. The normalized spacial score (nSPS) is 9.86. The molecule has 0 saturated carbocycles. The molecular weight excluding hydrogens is 254 g/mol. The summed E-state index contributed by atoms with van der Waals surface area (Å²) < 4.78 is 0.282. The van der Waals surface area contributed by atoms with E-state index < -0.39 is 10.9 Å². The molecule has 74 valence electrons. The van der Waals surface area contributed by atoms with E-state index in [9.17, 15) is 14.9 Å². The van der Waals surface area contributed by atoms with Crippen LogP contribution in [0.2, 0.25) is 0 Å². The number of rotatable bonds is 2. The maximum Gasteiger partial charge on any atom is 0.336 e. The van der Waals surface area contributed by atoms with Crippen LogP contribution in [-0.4, -0.2) is 16.0 Å². The molecule has 0 aromatic heterocycles. The van der Waals surface area contributed by atoms with Crippen molar-refractivity contribution < 1.29 is 14.8 Å². The first-order valence-electron chi connectivity index (χ1n) is 3.61. The summed E-state index contributed by atoms with van der Waals surface area (Å²) in [6.07, 6.45) is 0. The predicted octanol–water partition coefficient (Wildman–Crippen LogP) is 2.36. The van der Waals surface area contributed by atoms with E-state index in [1.807, 2.05) is 0 Å². The van der Waals surface area contributed by atoms with Crippen molar-refractivity contribution in [3.63, 3.8) is 0 Å². The molecule has 14 heavy (non-hydrogen) atoms. The van der Waals surface area contributed by atoms with Crippen molar-refractivity contribution in [3.8, 4) is 0 Å². The molecule has 0 radical (unpaired) electrons. The zero-order valence-corrected chi connectivity index (χ0v) is 8.74. The van der Waals surface area contributed by atoms with E-state index in [0.717, 1.165) is 6.07 Å². The van der Waals surface area contributed by atoms with Gasteiger partial charge in [0.25, 0.3) is 5.69 Å². The van der Waals surface area contributed by atoms with E-state index in [2.05, 4.69) is 15.9 Å². The molecule has 5 nitrogen and oxygen atoms in total. The third kappa shape index (κ3) is 1.90. The highest BCUT2D eigenvalue weighted by Gasteiger charge is 2.17. The van der Waals surface area contributed by atoms with Crippen LogP contribution >= 0.6 is 15.9 Å². The number of nitrogens with zero attached hydrogens (tertiary/aromatic N) is 1. The van der Waals surface area contributed by atoms with Gasteiger partial charge in [-0.15, -0.1) is 0 Å². The van der Waals surface area contributed by atoms with Gasteiger partial charge in [0.1, 0.15) is 0 Å². The molecule has 0 aliphatic carbocycles. The summed E-state index contributed by atoms with van der Waals surface area (Å²) in [4.78, 5) is 20.5. The number of carboxylic acid groups (broad SMARTS) is 1. The maximum absolute atomic E-state index is 10.7. The number of nitro groups is 1. The molecule has 0 aliphatic rings. The topological polar surface area (TPSA) is 80.4 Å². The second-order valence-electron chi connectivity index (χ2n) is 2.68. The van der Waals surface area contributed by atoms with Gasteiger partial charge in [0, 0.05) is 6.07 Å². The summed E-state index contributed by atoms with van der Waals surface area (Å²) in [5, 5.41) is 19.2. The van der Waals surface area contributed by atoms with Crippen LogP contribution in [0.15, 0.2) is 16.6 Å². The molecule has 0 aliphatic heterocycles. The maximum atomic E-state index is 10.7. The Bertz CT molecular complexity index is 381. The number of carbonyl (C=O) groups is 1. The molecular formula is C8H6BrNO4. The predicted molar refractivity (Wildman–Crippen MR) is 52.5 cm³/mol.